The van der Waals surface area contributed by atoms with Gasteiger partial charge in [-0.3, -0.25) is 19.9 Å². The smallest absolute Gasteiger partial charge is 0.290 e. The lowest BCUT2D eigenvalue weighted by molar-refractivity contribution is -0.123. The fraction of sp³-hybridized carbons (Fsp3) is 0.0588. The van der Waals surface area contributed by atoms with Crippen LogP contribution in [-0.4, -0.2) is 32.4 Å². The molecular formula is C17H15ClN4O3. The molecule has 0 aliphatic heterocycles. The van der Waals surface area contributed by atoms with E-state index in [1.54, 1.807) is 36.8 Å². The number of aromatic nitrogens is 3. The second-order valence-electron chi connectivity index (χ2n) is 4.84. The maximum absolute atomic E-state index is 12.0. The van der Waals surface area contributed by atoms with Gasteiger partial charge >= 0.3 is 0 Å². The fourth-order valence-corrected chi connectivity index (χ4v) is 2.15. The van der Waals surface area contributed by atoms with Crippen LogP contribution in [0.3, 0.4) is 0 Å². The third kappa shape index (κ3) is 5.74. The molecule has 128 valence electrons. The average molecular weight is 359 g/mol. The quantitative estimate of drug-likeness (QED) is 0.621. The molecule has 25 heavy (non-hydrogen) atoms. The molecule has 0 unspecified atom stereocenters. The number of H-pyrrole nitrogens is 1. The number of rotatable bonds is 4. The number of hydrogen-bond donors (Lipinski definition) is 3. The van der Waals surface area contributed by atoms with Crippen molar-refractivity contribution in [3.8, 4) is 11.3 Å². The van der Waals surface area contributed by atoms with Gasteiger partial charge in [0.1, 0.15) is 0 Å². The molecule has 0 radical (unpaired) electrons. The van der Waals surface area contributed by atoms with E-state index in [0.29, 0.717) is 11.0 Å². The third-order valence-electron chi connectivity index (χ3n) is 3.08. The Kier molecular flexibility index (Phi) is 6.67. The zero-order valence-electron chi connectivity index (χ0n) is 13.0. The summed E-state index contributed by atoms with van der Waals surface area (Å²) in [6.07, 6.45) is 5.26. The molecule has 0 atom stereocenters. The molecule has 0 bridgehead atoms. The van der Waals surface area contributed by atoms with Crippen LogP contribution in [0.15, 0.2) is 55.0 Å². The lowest BCUT2D eigenvalue weighted by Gasteiger charge is -2.02. The first-order chi connectivity index (χ1) is 12.1. The molecular weight excluding hydrogens is 344 g/mol. The highest BCUT2D eigenvalue weighted by atomic mass is 35.5. The standard InChI is InChI=1S/C16H13ClN4O.CH2O2/c17-13-5-3-12(4-6-13)14-10-19-16(20-14)21-15(22)8-11-2-1-7-18-9-11;2-1-3/h1-7,9-10H,8H2,(H2,19,20,21,22);1H,(H,2,3). The Morgan fingerprint density at radius 2 is 1.96 bits per heavy atom. The number of carboxylic acid groups (broad SMARTS) is 1. The van der Waals surface area contributed by atoms with Gasteiger partial charge in [0.05, 0.1) is 18.3 Å². The van der Waals surface area contributed by atoms with Crippen molar-refractivity contribution in [3.05, 3.63) is 65.6 Å². The van der Waals surface area contributed by atoms with Gasteiger partial charge in [-0.2, -0.15) is 0 Å². The Hall–Kier alpha value is -3.19. The Labute approximate surface area is 148 Å². The summed E-state index contributed by atoms with van der Waals surface area (Å²) in [5.41, 5.74) is 2.61. The van der Waals surface area contributed by atoms with E-state index in [0.717, 1.165) is 16.8 Å². The zero-order chi connectivity index (χ0) is 18.1. The van der Waals surface area contributed by atoms with Gasteiger partial charge in [-0.1, -0.05) is 29.8 Å². The van der Waals surface area contributed by atoms with Crippen LogP contribution < -0.4 is 5.32 Å². The fourth-order valence-electron chi connectivity index (χ4n) is 2.03. The van der Waals surface area contributed by atoms with Crippen LogP contribution in [0.2, 0.25) is 5.02 Å². The summed E-state index contributed by atoms with van der Waals surface area (Å²) in [4.78, 5) is 31.5. The maximum Gasteiger partial charge on any atom is 0.290 e. The van der Waals surface area contributed by atoms with Crippen molar-refractivity contribution >= 4 is 29.9 Å². The molecule has 0 saturated carbocycles. The maximum atomic E-state index is 12.0. The highest BCUT2D eigenvalue weighted by Crippen LogP contribution is 2.20. The molecule has 2 aromatic heterocycles. The minimum atomic E-state index is -0.250. The van der Waals surface area contributed by atoms with Crippen molar-refractivity contribution < 1.29 is 14.7 Å². The Balaban J connectivity index is 0.000000701. The van der Waals surface area contributed by atoms with Gasteiger partial charge in [-0.25, -0.2) is 4.98 Å². The summed E-state index contributed by atoms with van der Waals surface area (Å²) < 4.78 is 0. The lowest BCUT2D eigenvalue weighted by atomic mass is 10.2. The van der Waals surface area contributed by atoms with Crippen LogP contribution in [0.4, 0.5) is 5.95 Å². The lowest BCUT2D eigenvalue weighted by Crippen LogP contribution is -2.15. The largest absolute Gasteiger partial charge is 0.483 e. The van der Waals surface area contributed by atoms with Crippen molar-refractivity contribution in [3.63, 3.8) is 0 Å². The molecule has 8 heteroatoms. The number of imidazole rings is 1. The van der Waals surface area contributed by atoms with E-state index in [2.05, 4.69) is 20.3 Å². The van der Waals surface area contributed by atoms with Crippen LogP contribution >= 0.6 is 11.6 Å². The number of anilines is 1. The highest BCUT2D eigenvalue weighted by molar-refractivity contribution is 6.30. The normalized spacial score (nSPS) is 9.64. The van der Waals surface area contributed by atoms with Gasteiger partial charge in [0.2, 0.25) is 11.9 Å². The molecule has 0 fully saturated rings. The molecule has 0 saturated heterocycles. The monoisotopic (exact) mass is 358 g/mol. The molecule has 3 aromatic rings. The van der Waals surface area contributed by atoms with Crippen molar-refractivity contribution in [2.45, 2.75) is 6.42 Å². The van der Waals surface area contributed by atoms with Gasteiger partial charge in [-0.15, -0.1) is 0 Å². The molecule has 1 aromatic carbocycles. The minimum absolute atomic E-state index is 0.148. The van der Waals surface area contributed by atoms with Crippen molar-refractivity contribution in [1.29, 1.82) is 0 Å². The van der Waals surface area contributed by atoms with E-state index in [1.807, 2.05) is 18.2 Å². The van der Waals surface area contributed by atoms with Gasteiger partial charge in [0.25, 0.3) is 6.47 Å². The summed E-state index contributed by atoms with van der Waals surface area (Å²) in [5, 5.41) is 10.3. The van der Waals surface area contributed by atoms with E-state index in [1.165, 1.54) is 0 Å². The van der Waals surface area contributed by atoms with Crippen LogP contribution in [-0.2, 0) is 16.0 Å². The molecule has 2 heterocycles. The van der Waals surface area contributed by atoms with Gasteiger partial charge in [0, 0.05) is 17.4 Å². The second kappa shape index (κ2) is 9.19. The molecule has 0 aliphatic rings. The van der Waals surface area contributed by atoms with E-state index in [-0.39, 0.29) is 18.8 Å². The summed E-state index contributed by atoms with van der Waals surface area (Å²) in [5.74, 6) is 0.267. The van der Waals surface area contributed by atoms with Gasteiger partial charge in [0.15, 0.2) is 0 Å². The number of halogens is 1. The zero-order valence-corrected chi connectivity index (χ0v) is 13.8. The Morgan fingerprint density at radius 1 is 1.24 bits per heavy atom. The van der Waals surface area contributed by atoms with Gasteiger partial charge in [-0.05, 0) is 29.3 Å². The molecule has 0 aliphatic carbocycles. The first-order valence-corrected chi connectivity index (χ1v) is 7.57. The Morgan fingerprint density at radius 3 is 2.60 bits per heavy atom. The summed E-state index contributed by atoms with van der Waals surface area (Å²) >= 11 is 5.86. The van der Waals surface area contributed by atoms with Crippen LogP contribution in [0, 0.1) is 0 Å². The SMILES string of the molecule is O=C(Cc1cccnc1)Nc1ncc(-c2ccc(Cl)cc2)[nH]1.O=CO. The Bertz CT molecular complexity index is 819. The van der Waals surface area contributed by atoms with Crippen molar-refractivity contribution in [2.24, 2.45) is 0 Å². The summed E-state index contributed by atoms with van der Waals surface area (Å²) in [6, 6.07) is 11.0. The summed E-state index contributed by atoms with van der Waals surface area (Å²) in [6.45, 7) is -0.250. The van der Waals surface area contributed by atoms with E-state index in [9.17, 15) is 4.79 Å². The first kappa shape index (κ1) is 18.2. The van der Waals surface area contributed by atoms with Crippen LogP contribution in [0.1, 0.15) is 5.56 Å². The average Bonchev–Trinajstić information content (AvgIpc) is 3.05. The molecule has 1 amide bonds. The summed E-state index contributed by atoms with van der Waals surface area (Å²) in [7, 11) is 0. The highest BCUT2D eigenvalue weighted by Gasteiger charge is 2.08. The number of carbonyl (C=O) groups is 2. The topological polar surface area (TPSA) is 108 Å². The van der Waals surface area contributed by atoms with Crippen molar-refractivity contribution in [1.82, 2.24) is 15.0 Å². The van der Waals surface area contributed by atoms with E-state index >= 15 is 0 Å². The number of aromatic amines is 1. The van der Waals surface area contributed by atoms with E-state index in [4.69, 9.17) is 21.5 Å². The molecule has 7 nitrogen and oxygen atoms in total. The van der Waals surface area contributed by atoms with Crippen LogP contribution in [0.5, 0.6) is 0 Å². The second-order valence-corrected chi connectivity index (χ2v) is 5.28. The first-order valence-electron chi connectivity index (χ1n) is 7.20. The minimum Gasteiger partial charge on any atom is -0.483 e. The van der Waals surface area contributed by atoms with Gasteiger partial charge < -0.3 is 10.1 Å². The van der Waals surface area contributed by atoms with Crippen LogP contribution in [0.25, 0.3) is 11.3 Å². The number of nitrogens with zero attached hydrogens (tertiary/aromatic N) is 2. The number of benzene rings is 1. The third-order valence-corrected chi connectivity index (χ3v) is 3.33. The number of carbonyl (C=O) groups excluding carboxylic acids is 1. The molecule has 3 N–H and O–H groups in total. The number of nitrogens with one attached hydrogen (secondary N) is 2. The molecule has 3 rings (SSSR count). The number of amides is 1. The number of hydrogen-bond acceptors (Lipinski definition) is 4. The predicted octanol–water partition coefficient (Wildman–Crippen LogP) is 3.01. The number of pyridine rings is 1. The van der Waals surface area contributed by atoms with E-state index < -0.39 is 0 Å². The van der Waals surface area contributed by atoms with Crippen molar-refractivity contribution in [2.75, 3.05) is 5.32 Å². The predicted molar refractivity (Wildman–Crippen MR) is 94.3 cm³/mol. The molecule has 0 spiro atoms.